The fourth-order valence-corrected chi connectivity index (χ4v) is 5.25. The van der Waals surface area contributed by atoms with Crippen molar-refractivity contribution >= 4 is 28.4 Å². The second-order valence-electron chi connectivity index (χ2n) is 9.78. The van der Waals surface area contributed by atoms with Crippen LogP contribution in [0.1, 0.15) is 41.7 Å². The number of nitrogens with zero attached hydrogens (tertiary/aromatic N) is 5. The van der Waals surface area contributed by atoms with E-state index in [9.17, 15) is 18.0 Å². The summed E-state index contributed by atoms with van der Waals surface area (Å²) in [5.74, 6) is 0.297. The summed E-state index contributed by atoms with van der Waals surface area (Å²) in [4.78, 5) is 23.8. The molecule has 4 aromatic rings. The summed E-state index contributed by atoms with van der Waals surface area (Å²) in [6.45, 7) is 3.61. The average molecular weight is 566 g/mol. The number of anilines is 2. The number of allylic oxidation sites excluding steroid dienone is 1. The van der Waals surface area contributed by atoms with E-state index in [0.717, 1.165) is 50.2 Å². The van der Waals surface area contributed by atoms with Gasteiger partial charge >= 0.3 is 6.18 Å². The van der Waals surface area contributed by atoms with Gasteiger partial charge in [-0.25, -0.2) is 14.6 Å². The molecule has 1 amide bonds. The van der Waals surface area contributed by atoms with Crippen LogP contribution in [0.4, 0.5) is 24.7 Å². The summed E-state index contributed by atoms with van der Waals surface area (Å²) in [6, 6.07) is 7.37. The number of nitrogens with one attached hydrogen (secondary N) is 1. The van der Waals surface area contributed by atoms with Gasteiger partial charge < -0.3 is 25.4 Å². The molecule has 3 N–H and O–H groups in total. The molecule has 0 saturated carbocycles. The molecule has 4 heterocycles. The lowest BCUT2D eigenvalue weighted by Gasteiger charge is -2.32. The third kappa shape index (κ3) is 4.87. The Hall–Kier alpha value is -4.81. The van der Waals surface area contributed by atoms with Crippen LogP contribution in [-0.2, 0) is 6.18 Å². The first-order valence-electron chi connectivity index (χ1n) is 13.0. The SMILES string of the molecule is CC=CN1CCC[C@@H](n2nc(-c3ccc(NC(=O)c4ccc(C(F)(F)F)cc4)c4c3OCO4)c3c(N)ncnc32)C1. The maximum absolute atomic E-state index is 12.9. The second-order valence-corrected chi connectivity index (χ2v) is 9.78. The highest BCUT2D eigenvalue weighted by molar-refractivity contribution is 6.06. The molecule has 0 radical (unpaired) electrons. The van der Waals surface area contributed by atoms with Gasteiger partial charge in [0.15, 0.2) is 17.1 Å². The lowest BCUT2D eigenvalue weighted by atomic mass is 10.1. The Morgan fingerprint density at radius 2 is 1.90 bits per heavy atom. The van der Waals surface area contributed by atoms with E-state index in [1.807, 2.05) is 17.7 Å². The molecule has 0 aliphatic carbocycles. The number of ether oxygens (including phenoxy) is 2. The molecule has 41 heavy (non-hydrogen) atoms. The number of nitrogens with two attached hydrogens (primary N) is 1. The zero-order chi connectivity index (χ0) is 28.7. The largest absolute Gasteiger partial charge is 0.453 e. The molecule has 0 unspecified atom stereocenters. The van der Waals surface area contributed by atoms with E-state index in [2.05, 4.69) is 26.4 Å². The van der Waals surface area contributed by atoms with Crippen molar-refractivity contribution in [2.24, 2.45) is 0 Å². The van der Waals surface area contributed by atoms with Crippen LogP contribution in [0.5, 0.6) is 11.5 Å². The van der Waals surface area contributed by atoms with Crippen LogP contribution >= 0.6 is 0 Å². The van der Waals surface area contributed by atoms with E-state index in [0.29, 0.717) is 33.7 Å². The maximum atomic E-state index is 12.9. The minimum Gasteiger partial charge on any atom is -0.453 e. The lowest BCUT2D eigenvalue weighted by Crippen LogP contribution is -2.33. The summed E-state index contributed by atoms with van der Waals surface area (Å²) < 4.78 is 52.1. The number of carbonyl (C=O) groups is 1. The Labute approximate surface area is 232 Å². The van der Waals surface area contributed by atoms with Crippen molar-refractivity contribution in [2.75, 3.05) is 30.9 Å². The van der Waals surface area contributed by atoms with Crippen LogP contribution < -0.4 is 20.5 Å². The van der Waals surface area contributed by atoms with Crippen molar-refractivity contribution in [3.05, 3.63) is 66.1 Å². The van der Waals surface area contributed by atoms with Gasteiger partial charge in [-0.05, 0) is 62.4 Å². The zero-order valence-corrected chi connectivity index (χ0v) is 22.0. The molecule has 1 atom stereocenters. The van der Waals surface area contributed by atoms with E-state index >= 15 is 0 Å². The first kappa shape index (κ1) is 26.4. The fraction of sp³-hybridized carbons (Fsp3) is 0.286. The summed E-state index contributed by atoms with van der Waals surface area (Å²) in [6.07, 6.45) is 2.90. The van der Waals surface area contributed by atoms with Gasteiger partial charge in [-0.15, -0.1) is 0 Å². The number of carbonyl (C=O) groups excluding carboxylic acids is 1. The van der Waals surface area contributed by atoms with Crippen LogP contribution in [0, 0.1) is 0 Å². The highest BCUT2D eigenvalue weighted by Gasteiger charge is 2.32. The van der Waals surface area contributed by atoms with E-state index in [4.69, 9.17) is 20.3 Å². The summed E-state index contributed by atoms with van der Waals surface area (Å²) in [5.41, 5.74) is 7.55. The average Bonchev–Trinajstić information content (AvgIpc) is 3.60. The van der Waals surface area contributed by atoms with Gasteiger partial charge in [0.2, 0.25) is 6.79 Å². The molecule has 2 aliphatic heterocycles. The molecule has 1 fully saturated rings. The monoisotopic (exact) mass is 565 g/mol. The topological polar surface area (TPSA) is 120 Å². The molecule has 212 valence electrons. The number of benzene rings is 2. The standard InChI is InChI=1S/C28H26F3N7O3/c1-2-11-37-12-3-4-18(13-37)38-26-21(25(32)33-14-34-26)22(36-38)19-9-10-20(24-23(19)40-15-41-24)35-27(39)16-5-7-17(8-6-16)28(29,30)31/h2,5-11,14,18H,3-4,12-13,15H2,1H3,(H,35,39)(H2,32,33,34)/t18-/m1/s1. The minimum absolute atomic E-state index is 0.0537. The zero-order valence-electron chi connectivity index (χ0n) is 22.0. The van der Waals surface area contributed by atoms with Crippen LogP contribution in [0.3, 0.4) is 0 Å². The van der Waals surface area contributed by atoms with E-state index in [1.54, 1.807) is 12.1 Å². The molecule has 1 saturated heterocycles. The van der Waals surface area contributed by atoms with Crippen LogP contribution in [-0.4, -0.2) is 50.4 Å². The quantitative estimate of drug-likeness (QED) is 0.337. The van der Waals surface area contributed by atoms with E-state index in [1.165, 1.54) is 6.33 Å². The van der Waals surface area contributed by atoms with Gasteiger partial charge in [-0.3, -0.25) is 4.79 Å². The predicted molar refractivity (Wildman–Crippen MR) is 145 cm³/mol. The van der Waals surface area contributed by atoms with Gasteiger partial charge in [0.25, 0.3) is 5.91 Å². The third-order valence-corrected chi connectivity index (χ3v) is 7.15. The van der Waals surface area contributed by atoms with Crippen LogP contribution in [0.2, 0.25) is 0 Å². The molecular weight excluding hydrogens is 539 g/mol. The number of fused-ring (bicyclic) bond motifs is 2. The first-order chi connectivity index (χ1) is 19.7. The van der Waals surface area contributed by atoms with Gasteiger partial charge in [0, 0.05) is 24.2 Å². The Kier molecular flexibility index (Phi) is 6.64. The van der Waals surface area contributed by atoms with Crippen molar-refractivity contribution < 1.29 is 27.4 Å². The normalized spacial score (nSPS) is 17.0. The number of nitrogen functional groups attached to an aromatic ring is 1. The number of halogens is 3. The van der Waals surface area contributed by atoms with Gasteiger partial charge in [-0.2, -0.15) is 18.3 Å². The van der Waals surface area contributed by atoms with Crippen molar-refractivity contribution in [1.29, 1.82) is 0 Å². The number of hydrogen-bond acceptors (Lipinski definition) is 8. The van der Waals surface area contributed by atoms with E-state index < -0.39 is 17.6 Å². The van der Waals surface area contributed by atoms with Crippen molar-refractivity contribution in [3.63, 3.8) is 0 Å². The molecule has 6 rings (SSSR count). The number of piperidine rings is 1. The maximum Gasteiger partial charge on any atom is 0.416 e. The van der Waals surface area contributed by atoms with Crippen molar-refractivity contribution in [3.8, 4) is 22.8 Å². The summed E-state index contributed by atoms with van der Waals surface area (Å²) in [7, 11) is 0. The predicted octanol–water partition coefficient (Wildman–Crippen LogP) is 5.25. The van der Waals surface area contributed by atoms with Crippen LogP contribution in [0.15, 0.2) is 55.0 Å². The van der Waals surface area contributed by atoms with Gasteiger partial charge in [0.05, 0.1) is 22.7 Å². The molecule has 10 nitrogen and oxygen atoms in total. The molecule has 2 aliphatic rings. The number of likely N-dealkylation sites (tertiary alicyclic amines) is 1. The highest BCUT2D eigenvalue weighted by Crippen LogP contribution is 2.48. The first-order valence-corrected chi connectivity index (χ1v) is 13.0. The summed E-state index contributed by atoms with van der Waals surface area (Å²) in [5, 5.41) is 8.24. The molecule has 2 aromatic heterocycles. The molecule has 2 aromatic carbocycles. The number of alkyl halides is 3. The lowest BCUT2D eigenvalue weighted by molar-refractivity contribution is -0.137. The molecule has 13 heteroatoms. The Bertz CT molecular complexity index is 1650. The molecule has 0 spiro atoms. The molecular formula is C28H26F3N7O3. The van der Waals surface area contributed by atoms with Gasteiger partial charge in [0.1, 0.15) is 17.8 Å². The number of hydrogen-bond donors (Lipinski definition) is 2. The minimum atomic E-state index is -4.49. The van der Waals surface area contributed by atoms with Crippen molar-refractivity contribution in [1.82, 2.24) is 24.6 Å². The summed E-state index contributed by atoms with van der Waals surface area (Å²) >= 11 is 0. The van der Waals surface area contributed by atoms with Crippen molar-refractivity contribution in [2.45, 2.75) is 32.0 Å². The van der Waals surface area contributed by atoms with Gasteiger partial charge in [-0.1, -0.05) is 6.08 Å². The Morgan fingerprint density at radius 1 is 1.12 bits per heavy atom. The third-order valence-electron chi connectivity index (χ3n) is 7.15. The highest BCUT2D eigenvalue weighted by atomic mass is 19.4. The number of rotatable bonds is 5. The Morgan fingerprint density at radius 3 is 2.66 bits per heavy atom. The number of amides is 1. The smallest absolute Gasteiger partial charge is 0.416 e. The fourth-order valence-electron chi connectivity index (χ4n) is 5.25. The number of aromatic nitrogens is 4. The second kappa shape index (κ2) is 10.3. The van der Waals surface area contributed by atoms with Crippen LogP contribution in [0.25, 0.3) is 22.3 Å². The van der Waals surface area contributed by atoms with E-state index in [-0.39, 0.29) is 30.0 Å². The Balaban J connectivity index is 1.36. The molecule has 0 bridgehead atoms.